The zero-order chi connectivity index (χ0) is 16.6. The molecule has 3 aromatic rings. The van der Waals surface area contributed by atoms with Crippen LogP contribution in [0.2, 0.25) is 0 Å². The number of carbonyl (C=O) groups is 1. The third-order valence-electron chi connectivity index (χ3n) is 3.33. The predicted octanol–water partition coefficient (Wildman–Crippen LogP) is 3.75. The number of para-hydroxylation sites is 1. The van der Waals surface area contributed by atoms with Crippen LogP contribution in [0.5, 0.6) is 0 Å². The molecule has 1 aromatic heterocycles. The maximum atomic E-state index is 12.2. The van der Waals surface area contributed by atoms with Crippen LogP contribution in [0.1, 0.15) is 10.4 Å². The van der Waals surface area contributed by atoms with Gasteiger partial charge in [0.2, 0.25) is 0 Å². The van der Waals surface area contributed by atoms with Crippen LogP contribution in [-0.2, 0) is 0 Å². The van der Waals surface area contributed by atoms with Crippen molar-refractivity contribution in [3.05, 3.63) is 74.4 Å². The number of nitro benzene ring substituents is 1. The summed E-state index contributed by atoms with van der Waals surface area (Å²) in [7, 11) is 0. The van der Waals surface area contributed by atoms with Crippen LogP contribution in [0, 0.1) is 10.1 Å². The van der Waals surface area contributed by atoms with Crippen molar-refractivity contribution in [3.8, 4) is 11.3 Å². The van der Waals surface area contributed by atoms with Crippen LogP contribution in [0.15, 0.2) is 57.7 Å². The minimum Gasteiger partial charge on any atom is -0.455 e. The van der Waals surface area contributed by atoms with Crippen molar-refractivity contribution in [3.63, 3.8) is 0 Å². The van der Waals surface area contributed by atoms with Crippen molar-refractivity contribution in [2.75, 3.05) is 0 Å². The number of fused-ring (bicyclic) bond motifs is 1. The van der Waals surface area contributed by atoms with Crippen LogP contribution in [0.4, 0.5) is 5.69 Å². The molecule has 23 heavy (non-hydrogen) atoms. The largest absolute Gasteiger partial charge is 0.455 e. The highest BCUT2D eigenvalue weighted by atomic mass is 35.5. The molecule has 0 aliphatic rings. The summed E-state index contributed by atoms with van der Waals surface area (Å²) in [6.07, 6.45) is 0. The predicted molar refractivity (Wildman–Crippen MR) is 84.8 cm³/mol. The average molecular weight is 330 g/mol. The van der Waals surface area contributed by atoms with Crippen LogP contribution in [0.3, 0.4) is 0 Å². The van der Waals surface area contributed by atoms with E-state index in [1.807, 2.05) is 0 Å². The molecule has 0 saturated heterocycles. The summed E-state index contributed by atoms with van der Waals surface area (Å²) in [6.45, 7) is 0. The van der Waals surface area contributed by atoms with Crippen molar-refractivity contribution < 1.29 is 14.1 Å². The number of hydrogen-bond donors (Lipinski definition) is 0. The summed E-state index contributed by atoms with van der Waals surface area (Å²) in [5.41, 5.74) is 0.248. The Balaban J connectivity index is 2.22. The summed E-state index contributed by atoms with van der Waals surface area (Å²) < 4.78 is 5.65. The fourth-order valence-corrected chi connectivity index (χ4v) is 2.37. The number of nitro groups is 1. The Morgan fingerprint density at radius 3 is 2.43 bits per heavy atom. The van der Waals surface area contributed by atoms with E-state index in [1.165, 1.54) is 42.5 Å². The summed E-state index contributed by atoms with van der Waals surface area (Å²) in [4.78, 5) is 33.8. The molecular formula is C16H8ClNO5. The first-order valence-corrected chi connectivity index (χ1v) is 6.86. The quantitative estimate of drug-likeness (QED) is 0.414. The van der Waals surface area contributed by atoms with Gasteiger partial charge in [-0.3, -0.25) is 19.7 Å². The lowest BCUT2D eigenvalue weighted by atomic mass is 10.1. The van der Waals surface area contributed by atoms with Crippen LogP contribution < -0.4 is 5.43 Å². The van der Waals surface area contributed by atoms with Gasteiger partial charge >= 0.3 is 0 Å². The molecule has 0 saturated carbocycles. The molecular weight excluding hydrogens is 322 g/mol. The van der Waals surface area contributed by atoms with Gasteiger partial charge in [-0.1, -0.05) is 6.07 Å². The molecule has 6 nitrogen and oxygen atoms in total. The normalized spacial score (nSPS) is 10.7. The molecule has 0 spiro atoms. The smallest absolute Gasteiger partial charge is 0.269 e. The van der Waals surface area contributed by atoms with Gasteiger partial charge in [0.15, 0.2) is 11.0 Å². The van der Waals surface area contributed by atoms with Gasteiger partial charge in [-0.2, -0.15) is 0 Å². The molecule has 0 aliphatic heterocycles. The fourth-order valence-electron chi connectivity index (χ4n) is 2.22. The highest BCUT2D eigenvalue weighted by Gasteiger charge is 2.14. The Labute approximate surface area is 134 Å². The molecule has 0 unspecified atom stereocenters. The highest BCUT2D eigenvalue weighted by Crippen LogP contribution is 2.26. The van der Waals surface area contributed by atoms with Gasteiger partial charge in [-0.15, -0.1) is 0 Å². The second kappa shape index (κ2) is 5.66. The first-order valence-electron chi connectivity index (χ1n) is 6.49. The molecule has 0 N–H and O–H groups in total. The Bertz CT molecular complexity index is 992. The highest BCUT2D eigenvalue weighted by molar-refractivity contribution is 6.68. The van der Waals surface area contributed by atoms with Gasteiger partial charge in [0.25, 0.3) is 10.9 Å². The zero-order valence-electron chi connectivity index (χ0n) is 11.5. The van der Waals surface area contributed by atoms with Gasteiger partial charge < -0.3 is 4.42 Å². The average Bonchev–Trinajstić information content (AvgIpc) is 2.54. The molecule has 0 amide bonds. The lowest BCUT2D eigenvalue weighted by Gasteiger charge is -2.05. The molecule has 114 valence electrons. The number of carbonyl (C=O) groups excluding carboxylic acids is 1. The van der Waals surface area contributed by atoms with E-state index in [2.05, 4.69) is 0 Å². The maximum absolute atomic E-state index is 12.2. The van der Waals surface area contributed by atoms with Crippen LogP contribution in [0.25, 0.3) is 22.3 Å². The number of rotatable bonds is 3. The summed E-state index contributed by atoms with van der Waals surface area (Å²) in [5.74, 6) is 0.197. The van der Waals surface area contributed by atoms with Crippen molar-refractivity contribution in [2.45, 2.75) is 0 Å². The van der Waals surface area contributed by atoms with Crippen molar-refractivity contribution in [2.24, 2.45) is 0 Å². The second-order valence-electron chi connectivity index (χ2n) is 4.73. The third-order valence-corrected chi connectivity index (χ3v) is 3.53. The summed E-state index contributed by atoms with van der Waals surface area (Å²) in [6, 6.07) is 11.3. The lowest BCUT2D eigenvalue weighted by Crippen LogP contribution is -2.03. The second-order valence-corrected chi connectivity index (χ2v) is 5.08. The van der Waals surface area contributed by atoms with Gasteiger partial charge in [0, 0.05) is 23.8 Å². The number of halogens is 1. The van der Waals surface area contributed by atoms with E-state index < -0.39 is 10.2 Å². The molecule has 3 rings (SSSR count). The van der Waals surface area contributed by atoms with Crippen molar-refractivity contribution in [1.29, 1.82) is 0 Å². The van der Waals surface area contributed by atoms with E-state index in [-0.39, 0.29) is 33.4 Å². The van der Waals surface area contributed by atoms with Gasteiger partial charge in [-0.25, -0.2) is 0 Å². The van der Waals surface area contributed by atoms with E-state index in [9.17, 15) is 19.7 Å². The molecule has 7 heteroatoms. The van der Waals surface area contributed by atoms with E-state index in [1.54, 1.807) is 6.07 Å². The first-order chi connectivity index (χ1) is 11.0. The molecule has 0 radical (unpaired) electrons. The van der Waals surface area contributed by atoms with E-state index in [0.29, 0.717) is 5.56 Å². The molecule has 1 heterocycles. The SMILES string of the molecule is O=C(Cl)c1cccc2c(=O)cc(-c3ccc([N+](=O)[O-])cc3)oc12. The number of benzene rings is 2. The van der Waals surface area contributed by atoms with Gasteiger partial charge in [0.1, 0.15) is 5.76 Å². The van der Waals surface area contributed by atoms with Gasteiger partial charge in [-0.05, 0) is 35.9 Å². The number of nitrogens with zero attached hydrogens (tertiary/aromatic N) is 1. The van der Waals surface area contributed by atoms with E-state index in [0.717, 1.165) is 0 Å². The number of non-ortho nitro benzene ring substituents is 1. The maximum Gasteiger partial charge on any atom is 0.269 e. The third kappa shape index (κ3) is 2.72. The molecule has 0 fully saturated rings. The Morgan fingerprint density at radius 2 is 1.83 bits per heavy atom. The standard InChI is InChI=1S/C16H8ClNO5/c17-16(20)12-3-1-2-11-13(19)8-14(23-15(11)12)9-4-6-10(7-5-9)18(21)22/h1-8H. The summed E-state index contributed by atoms with van der Waals surface area (Å²) in [5, 5.41) is 10.2. The topological polar surface area (TPSA) is 90.4 Å². The molecule has 2 aromatic carbocycles. The number of hydrogen-bond acceptors (Lipinski definition) is 5. The minimum absolute atomic E-state index is 0.0755. The zero-order valence-corrected chi connectivity index (χ0v) is 12.2. The van der Waals surface area contributed by atoms with E-state index in [4.69, 9.17) is 16.0 Å². The lowest BCUT2D eigenvalue weighted by molar-refractivity contribution is -0.384. The van der Waals surface area contributed by atoms with Crippen molar-refractivity contribution >= 4 is 33.5 Å². The molecule has 0 atom stereocenters. The Kier molecular flexibility index (Phi) is 3.67. The molecule has 0 aliphatic carbocycles. The van der Waals surface area contributed by atoms with Gasteiger partial charge in [0.05, 0.1) is 15.9 Å². The summed E-state index contributed by atoms with van der Waals surface area (Å²) >= 11 is 5.51. The Hall–Kier alpha value is -2.99. The molecule has 0 bridgehead atoms. The first kappa shape index (κ1) is 14.9. The Morgan fingerprint density at radius 1 is 1.13 bits per heavy atom. The van der Waals surface area contributed by atoms with Crippen LogP contribution >= 0.6 is 11.6 Å². The minimum atomic E-state index is -0.736. The van der Waals surface area contributed by atoms with E-state index >= 15 is 0 Å². The van der Waals surface area contributed by atoms with Crippen molar-refractivity contribution in [1.82, 2.24) is 0 Å². The monoisotopic (exact) mass is 329 g/mol. The fraction of sp³-hybridized carbons (Fsp3) is 0. The van der Waals surface area contributed by atoms with Crippen LogP contribution in [-0.4, -0.2) is 10.2 Å².